The van der Waals surface area contributed by atoms with Gasteiger partial charge in [-0.15, -0.1) is 0 Å². The van der Waals surface area contributed by atoms with Gasteiger partial charge < -0.3 is 10.1 Å². The molecular formula is C25H25N5O5. The molecule has 0 bridgehead atoms. The lowest BCUT2D eigenvalue weighted by atomic mass is 10.1. The highest BCUT2D eigenvalue weighted by molar-refractivity contribution is 6.03. The van der Waals surface area contributed by atoms with E-state index in [1.54, 1.807) is 55.1 Å². The molecule has 35 heavy (non-hydrogen) atoms. The van der Waals surface area contributed by atoms with Crippen molar-refractivity contribution in [3.8, 4) is 5.69 Å². The van der Waals surface area contributed by atoms with E-state index in [0.717, 1.165) is 0 Å². The molecule has 2 aromatic carbocycles. The van der Waals surface area contributed by atoms with Crippen LogP contribution in [-0.4, -0.2) is 37.6 Å². The van der Waals surface area contributed by atoms with Gasteiger partial charge in [0.05, 0.1) is 16.8 Å². The fourth-order valence-electron chi connectivity index (χ4n) is 3.84. The Balaban J connectivity index is 1.54. The molecule has 10 nitrogen and oxygen atoms in total. The maximum Gasteiger partial charge on any atom is 0.359 e. The fourth-order valence-corrected chi connectivity index (χ4v) is 3.84. The number of aromatic nitrogens is 4. The zero-order chi connectivity index (χ0) is 25.1. The number of nitrogens with zero attached hydrogens (tertiary/aromatic N) is 4. The monoisotopic (exact) mass is 475 g/mol. The highest BCUT2D eigenvalue weighted by Crippen LogP contribution is 2.16. The van der Waals surface area contributed by atoms with E-state index in [1.807, 2.05) is 25.1 Å². The summed E-state index contributed by atoms with van der Waals surface area (Å²) < 4.78 is 9.49. The summed E-state index contributed by atoms with van der Waals surface area (Å²) in [6, 6.07) is 15.6. The van der Waals surface area contributed by atoms with Crippen LogP contribution in [0, 0.1) is 6.92 Å². The van der Waals surface area contributed by atoms with E-state index in [1.165, 1.54) is 9.36 Å². The molecule has 180 valence electrons. The van der Waals surface area contributed by atoms with Gasteiger partial charge in [0.2, 0.25) is 0 Å². The maximum absolute atomic E-state index is 13.0. The van der Waals surface area contributed by atoms with Gasteiger partial charge in [-0.3, -0.25) is 19.1 Å². The van der Waals surface area contributed by atoms with Gasteiger partial charge in [-0.2, -0.15) is 5.10 Å². The van der Waals surface area contributed by atoms with Crippen molar-refractivity contribution in [2.24, 2.45) is 7.05 Å². The van der Waals surface area contributed by atoms with E-state index in [9.17, 15) is 19.2 Å². The predicted octanol–water partition coefficient (Wildman–Crippen LogP) is 2.40. The maximum atomic E-state index is 13.0. The number of fused-ring (bicyclic) bond motifs is 1. The van der Waals surface area contributed by atoms with Crippen molar-refractivity contribution in [1.29, 1.82) is 0 Å². The second kappa shape index (κ2) is 9.80. The number of nitrogens with one attached hydrogen (secondary N) is 1. The van der Waals surface area contributed by atoms with E-state index in [2.05, 4.69) is 10.4 Å². The minimum Gasteiger partial charge on any atom is -0.451 e. The molecular weight excluding hydrogens is 450 g/mol. The number of hydrogen-bond donors (Lipinski definition) is 1. The SMILES string of the molecule is CCCn1nc(C(=O)OCC(=O)Nc2c(C)n(C)n(-c3ccccc3)c2=O)c2ccccc2c1=O. The third-order valence-electron chi connectivity index (χ3n) is 5.65. The van der Waals surface area contributed by atoms with Crippen molar-refractivity contribution in [3.05, 3.63) is 86.7 Å². The molecule has 0 aliphatic heterocycles. The number of aryl methyl sites for hydroxylation is 1. The van der Waals surface area contributed by atoms with Crippen LogP contribution in [0.5, 0.6) is 0 Å². The second-order valence-electron chi connectivity index (χ2n) is 7.98. The summed E-state index contributed by atoms with van der Waals surface area (Å²) in [5, 5.41) is 7.41. The van der Waals surface area contributed by atoms with Gasteiger partial charge in [-0.05, 0) is 31.5 Å². The lowest BCUT2D eigenvalue weighted by Gasteiger charge is -2.10. The summed E-state index contributed by atoms with van der Waals surface area (Å²) in [6.45, 7) is 3.31. The van der Waals surface area contributed by atoms with Gasteiger partial charge >= 0.3 is 5.97 Å². The first-order chi connectivity index (χ1) is 16.8. The Morgan fingerprint density at radius 2 is 1.63 bits per heavy atom. The number of esters is 1. The van der Waals surface area contributed by atoms with Crippen molar-refractivity contribution in [2.75, 3.05) is 11.9 Å². The molecule has 0 aliphatic rings. The summed E-state index contributed by atoms with van der Waals surface area (Å²) in [5.74, 6) is -1.51. The van der Waals surface area contributed by atoms with Crippen molar-refractivity contribution in [2.45, 2.75) is 26.8 Å². The van der Waals surface area contributed by atoms with Crippen LogP contribution in [-0.2, 0) is 23.1 Å². The minimum absolute atomic E-state index is 0.0521. The molecule has 0 atom stereocenters. The smallest absolute Gasteiger partial charge is 0.359 e. The molecule has 0 unspecified atom stereocenters. The summed E-state index contributed by atoms with van der Waals surface area (Å²) in [5.41, 5.74) is 0.524. The Bertz CT molecular complexity index is 1530. The normalized spacial score (nSPS) is 10.9. The molecule has 4 rings (SSSR count). The van der Waals surface area contributed by atoms with E-state index in [0.29, 0.717) is 35.1 Å². The average molecular weight is 476 g/mol. The highest BCUT2D eigenvalue weighted by atomic mass is 16.5. The first-order valence-corrected chi connectivity index (χ1v) is 11.1. The van der Waals surface area contributed by atoms with Crippen LogP contribution >= 0.6 is 0 Å². The number of rotatable bonds is 7. The topological polar surface area (TPSA) is 117 Å². The number of carbonyl (C=O) groups is 2. The summed E-state index contributed by atoms with van der Waals surface area (Å²) in [6.07, 6.45) is 0.652. The van der Waals surface area contributed by atoms with Crippen molar-refractivity contribution < 1.29 is 14.3 Å². The van der Waals surface area contributed by atoms with Crippen molar-refractivity contribution >= 4 is 28.3 Å². The zero-order valence-electron chi connectivity index (χ0n) is 19.6. The molecule has 0 aliphatic carbocycles. The van der Waals surface area contributed by atoms with E-state index in [4.69, 9.17) is 4.74 Å². The third-order valence-corrected chi connectivity index (χ3v) is 5.65. The first-order valence-electron chi connectivity index (χ1n) is 11.1. The zero-order valence-corrected chi connectivity index (χ0v) is 19.6. The molecule has 2 heterocycles. The molecule has 0 spiro atoms. The molecule has 2 aromatic heterocycles. The number of hydrogen-bond acceptors (Lipinski definition) is 6. The molecule has 4 aromatic rings. The third kappa shape index (κ3) is 4.50. The van der Waals surface area contributed by atoms with Crippen LogP contribution in [0.4, 0.5) is 5.69 Å². The van der Waals surface area contributed by atoms with E-state index < -0.39 is 24.0 Å². The Hall–Kier alpha value is -4.47. The molecule has 10 heteroatoms. The molecule has 0 saturated heterocycles. The summed E-state index contributed by atoms with van der Waals surface area (Å²) in [4.78, 5) is 51.0. The van der Waals surface area contributed by atoms with Crippen LogP contribution in [0.15, 0.2) is 64.2 Å². The van der Waals surface area contributed by atoms with Gasteiger partial charge in [-0.1, -0.05) is 43.3 Å². The number of anilines is 1. The Morgan fingerprint density at radius 1 is 0.971 bits per heavy atom. The molecule has 1 N–H and O–H groups in total. The Labute approximate surface area is 200 Å². The average Bonchev–Trinajstić information content (AvgIpc) is 3.07. The van der Waals surface area contributed by atoms with Gasteiger partial charge in [0.1, 0.15) is 5.69 Å². The van der Waals surface area contributed by atoms with Crippen LogP contribution in [0.1, 0.15) is 29.5 Å². The summed E-state index contributed by atoms with van der Waals surface area (Å²) in [7, 11) is 1.71. The van der Waals surface area contributed by atoms with Crippen molar-refractivity contribution in [3.63, 3.8) is 0 Å². The lowest BCUT2D eigenvalue weighted by Crippen LogP contribution is -2.28. The first kappa shape index (κ1) is 23.7. The quantitative estimate of drug-likeness (QED) is 0.410. The van der Waals surface area contributed by atoms with Gasteiger partial charge in [-0.25, -0.2) is 14.2 Å². The number of carbonyl (C=O) groups excluding carboxylic acids is 2. The second-order valence-corrected chi connectivity index (χ2v) is 7.98. The van der Waals surface area contributed by atoms with E-state index >= 15 is 0 Å². The Morgan fingerprint density at radius 3 is 2.31 bits per heavy atom. The fraction of sp³-hybridized carbons (Fsp3) is 0.240. The standard InChI is InChI=1S/C25H25N5O5/c1-4-14-29-23(32)19-13-9-8-12-18(19)22(27-29)25(34)35-15-20(31)26-21-16(2)28(3)30(24(21)33)17-10-6-5-7-11-17/h5-13H,4,14-15H2,1-3H3,(H,26,31). The number of amides is 1. The lowest BCUT2D eigenvalue weighted by molar-refractivity contribution is -0.119. The molecule has 0 saturated carbocycles. The predicted molar refractivity (Wildman–Crippen MR) is 131 cm³/mol. The van der Waals surface area contributed by atoms with Gasteiger partial charge in [0, 0.05) is 19.0 Å². The summed E-state index contributed by atoms with van der Waals surface area (Å²) >= 11 is 0. The van der Waals surface area contributed by atoms with Gasteiger partial charge in [0.25, 0.3) is 17.0 Å². The largest absolute Gasteiger partial charge is 0.451 e. The Kier molecular flexibility index (Phi) is 6.63. The molecule has 1 amide bonds. The minimum atomic E-state index is -0.840. The number of para-hydroxylation sites is 1. The van der Waals surface area contributed by atoms with E-state index in [-0.39, 0.29) is 16.9 Å². The van der Waals surface area contributed by atoms with Crippen molar-refractivity contribution in [1.82, 2.24) is 19.1 Å². The van der Waals surface area contributed by atoms with Crippen LogP contribution < -0.4 is 16.4 Å². The van der Waals surface area contributed by atoms with Gasteiger partial charge in [0.15, 0.2) is 12.3 Å². The van der Waals surface area contributed by atoms with Crippen LogP contribution in [0.25, 0.3) is 16.5 Å². The van der Waals surface area contributed by atoms with Crippen LogP contribution in [0.2, 0.25) is 0 Å². The number of benzene rings is 2. The highest BCUT2D eigenvalue weighted by Gasteiger charge is 2.21. The molecule has 0 radical (unpaired) electrons. The molecule has 0 fully saturated rings. The van der Waals surface area contributed by atoms with Crippen LogP contribution in [0.3, 0.4) is 0 Å². The number of ether oxygens (including phenoxy) is 1.